The van der Waals surface area contributed by atoms with E-state index in [1.54, 1.807) is 0 Å². The molecule has 17 nitrogen and oxygen atoms in total. The summed E-state index contributed by atoms with van der Waals surface area (Å²) in [5, 5.41) is 10.5. The van der Waals surface area contributed by atoms with Crippen molar-refractivity contribution in [2.45, 2.75) is 36.3 Å². The zero-order valence-electron chi connectivity index (χ0n) is 15.6. The molecule has 0 aromatic carbocycles. The number of nitrogen functional groups attached to an aromatic ring is 1. The van der Waals surface area contributed by atoms with E-state index in [2.05, 4.69) is 23.1 Å². The summed E-state index contributed by atoms with van der Waals surface area (Å²) in [7, 11) is -16.9. The van der Waals surface area contributed by atoms with Gasteiger partial charge in [-0.15, -0.1) is 6.42 Å². The van der Waals surface area contributed by atoms with Crippen LogP contribution in [0.1, 0.15) is 13.2 Å². The Morgan fingerprint density at radius 3 is 2.41 bits per heavy atom. The van der Waals surface area contributed by atoms with Crippen LogP contribution in [-0.2, 0) is 31.6 Å². The molecule has 1 aromatic rings. The van der Waals surface area contributed by atoms with Crippen molar-refractivity contribution in [3.8, 4) is 12.3 Å². The van der Waals surface area contributed by atoms with Crippen molar-refractivity contribution in [2.75, 3.05) is 5.73 Å². The molecule has 21 heteroatoms. The number of nitrogens with zero attached hydrogens (tertiary/aromatic N) is 3. The molecule has 1 aliphatic rings. The third-order valence-electron chi connectivity index (χ3n) is 3.78. The number of halogens is 1. The van der Waals surface area contributed by atoms with Gasteiger partial charge in [0.1, 0.15) is 18.5 Å². The number of phosphoric ester groups is 1. The Morgan fingerprint density at radius 1 is 1.31 bits per heavy atom. The van der Waals surface area contributed by atoms with Gasteiger partial charge in [0.05, 0.1) is 6.10 Å². The minimum absolute atomic E-state index is 0.386. The predicted octanol–water partition coefficient (Wildman–Crippen LogP) is -1.18. The lowest BCUT2D eigenvalue weighted by Gasteiger charge is -2.26. The number of hydrogen-bond donors (Lipinski definition) is 6. The number of ether oxygens (including phenoxy) is 1. The van der Waals surface area contributed by atoms with Crippen LogP contribution in [0.15, 0.2) is 11.1 Å². The van der Waals surface area contributed by atoms with Crippen molar-refractivity contribution in [3.05, 3.63) is 16.8 Å². The molecule has 7 atom stereocenters. The van der Waals surface area contributed by atoms with E-state index in [9.17, 15) is 33.4 Å². The van der Waals surface area contributed by atoms with Crippen molar-refractivity contribution >= 4 is 41.0 Å². The highest BCUT2D eigenvalue weighted by molar-refractivity contribution is 7.66. The number of rotatable bonds is 8. The lowest BCUT2D eigenvalue weighted by molar-refractivity contribution is -0.0751. The summed E-state index contributed by atoms with van der Waals surface area (Å²) in [4.78, 5) is 52.8. The summed E-state index contributed by atoms with van der Waals surface area (Å²) in [5.41, 5.74) is 4.28. The van der Waals surface area contributed by atoms with Gasteiger partial charge in [0, 0.05) is 0 Å². The number of hydrogen-bond acceptors (Lipinski definition) is 12. The van der Waals surface area contributed by atoms with E-state index in [1.165, 1.54) is 0 Å². The summed E-state index contributed by atoms with van der Waals surface area (Å²) in [6.45, 7) is 1.02. The van der Waals surface area contributed by atoms with E-state index in [0.29, 0.717) is 4.57 Å². The van der Waals surface area contributed by atoms with Crippen LogP contribution >= 0.6 is 35.1 Å². The molecule has 0 amide bonds. The minimum Gasteiger partial charge on any atom is -0.387 e. The topological polar surface area (TPSA) is 263 Å². The molecule has 180 valence electrons. The van der Waals surface area contributed by atoms with Crippen LogP contribution in [-0.4, -0.2) is 62.4 Å². The number of aliphatic hydroxyl groups is 1. The maximum Gasteiger partial charge on any atom is 0.490 e. The fraction of sp³-hybridized carbons (Fsp3) is 0.545. The third kappa shape index (κ3) is 6.22. The molecule has 2 heterocycles. The van der Waals surface area contributed by atoms with E-state index >= 15 is 0 Å². The van der Waals surface area contributed by atoms with E-state index < -0.39 is 58.6 Å². The molecule has 0 saturated carbocycles. The molecule has 1 aliphatic heterocycles. The largest absolute Gasteiger partial charge is 0.490 e. The predicted molar refractivity (Wildman–Crippen MR) is 102 cm³/mol. The van der Waals surface area contributed by atoms with Crippen LogP contribution in [0.4, 0.5) is 5.95 Å². The average Bonchev–Trinajstić information content (AvgIpc) is 2.84. The van der Waals surface area contributed by atoms with Gasteiger partial charge in [0.2, 0.25) is 5.95 Å². The van der Waals surface area contributed by atoms with Crippen LogP contribution in [0.25, 0.3) is 0 Å². The highest BCUT2D eigenvalue weighted by atomic mass is 35.5. The Labute approximate surface area is 183 Å². The fourth-order valence-corrected chi connectivity index (χ4v) is 6.07. The van der Waals surface area contributed by atoms with E-state index in [4.69, 9.17) is 38.3 Å². The first kappa shape index (κ1) is 27.0. The molecule has 0 aliphatic carbocycles. The second-order valence-electron chi connectivity index (χ2n) is 6.12. The number of terminal acetylenes is 1. The van der Waals surface area contributed by atoms with E-state index in [-0.39, 0.29) is 5.95 Å². The van der Waals surface area contributed by atoms with Crippen molar-refractivity contribution in [1.82, 2.24) is 14.5 Å². The number of aliphatic hydroxyl groups excluding tert-OH is 1. The van der Waals surface area contributed by atoms with Gasteiger partial charge >= 0.3 is 29.2 Å². The molecular formula is C11H16ClN4O13P3. The molecular weight excluding hydrogens is 525 g/mol. The van der Waals surface area contributed by atoms with Crippen molar-refractivity contribution in [3.63, 3.8) is 0 Å². The second-order valence-corrected chi connectivity index (χ2v) is 11.1. The van der Waals surface area contributed by atoms with Gasteiger partial charge < -0.3 is 35.2 Å². The maximum absolute atomic E-state index is 12.1. The molecule has 2 rings (SSSR count). The molecule has 32 heavy (non-hydrogen) atoms. The van der Waals surface area contributed by atoms with E-state index in [1.807, 2.05) is 5.92 Å². The average molecular weight is 541 g/mol. The van der Waals surface area contributed by atoms with Gasteiger partial charge in [-0.1, -0.05) is 17.5 Å². The van der Waals surface area contributed by atoms with Gasteiger partial charge in [0.15, 0.2) is 11.1 Å². The number of nitrogens with two attached hydrogens (primary N) is 1. The maximum atomic E-state index is 12.1. The lowest BCUT2D eigenvalue weighted by atomic mass is 9.97. The highest BCUT2D eigenvalue weighted by Crippen LogP contribution is 2.66. The number of alkyl halides is 1. The first-order chi connectivity index (χ1) is 14.4. The molecule has 1 aromatic heterocycles. The van der Waals surface area contributed by atoms with Crippen molar-refractivity contribution in [1.29, 1.82) is 0 Å². The SMILES string of the molecule is C#CC1(Cl)[C@@H](O)[C@@H]([C@H](C)OP(=O)(O)OP(=O)(O)OP(=O)(O)O)O[C@H]1n1cnc(N)nc1=O. The Bertz CT molecular complexity index is 1120. The van der Waals surface area contributed by atoms with Gasteiger partial charge in [0.25, 0.3) is 0 Å². The Hall–Kier alpha value is -1.21. The van der Waals surface area contributed by atoms with Crippen molar-refractivity contribution in [2.24, 2.45) is 0 Å². The van der Waals surface area contributed by atoms with E-state index in [0.717, 1.165) is 13.3 Å². The lowest BCUT2D eigenvalue weighted by Crippen LogP contribution is -2.45. The summed E-state index contributed by atoms with van der Waals surface area (Å²) in [6.07, 6.45) is -0.601. The molecule has 1 saturated heterocycles. The zero-order valence-corrected chi connectivity index (χ0v) is 19.0. The van der Waals surface area contributed by atoms with Crippen LogP contribution in [0.5, 0.6) is 0 Å². The summed E-state index contributed by atoms with van der Waals surface area (Å²) in [6, 6.07) is 0. The van der Waals surface area contributed by atoms with Gasteiger partial charge in [-0.25, -0.2) is 23.5 Å². The standard InChI is InChI=1S/C11H16ClN4O13P3/c1-3-11(12)7(17)6(26-8(11)16-4-14-9(13)15-10(16)18)5(2)27-31(22,23)29-32(24,25)28-30(19,20)21/h1,4-8,17H,2H3,(H,22,23)(H,24,25)(H2,13,15,18)(H2,19,20,21)/t5-,6+,7-,8+,11?/m0/s1. The summed E-state index contributed by atoms with van der Waals surface area (Å²) >= 11 is 6.24. The second kappa shape index (κ2) is 9.21. The van der Waals surface area contributed by atoms with Crippen LogP contribution < -0.4 is 11.4 Å². The number of anilines is 1. The van der Waals surface area contributed by atoms with Gasteiger partial charge in [-0.05, 0) is 6.92 Å². The summed E-state index contributed by atoms with van der Waals surface area (Å²) < 4.78 is 52.0. The fourth-order valence-electron chi connectivity index (χ4n) is 2.58. The smallest absolute Gasteiger partial charge is 0.387 e. The van der Waals surface area contributed by atoms with Crippen LogP contribution in [0.3, 0.4) is 0 Å². The summed E-state index contributed by atoms with van der Waals surface area (Å²) in [5.74, 6) is 1.64. The third-order valence-corrected chi connectivity index (χ3v) is 8.23. The molecule has 3 unspecified atom stereocenters. The number of phosphoric acid groups is 3. The quantitative estimate of drug-likeness (QED) is 0.129. The Morgan fingerprint density at radius 2 is 1.91 bits per heavy atom. The molecule has 0 spiro atoms. The van der Waals surface area contributed by atoms with Crippen LogP contribution in [0.2, 0.25) is 0 Å². The molecule has 1 fully saturated rings. The normalized spacial score (nSPS) is 30.8. The van der Waals surface area contributed by atoms with Crippen LogP contribution in [0, 0.1) is 12.3 Å². The zero-order chi connectivity index (χ0) is 24.7. The first-order valence-electron chi connectivity index (χ1n) is 7.94. The Kier molecular flexibility index (Phi) is 7.78. The Balaban J connectivity index is 2.27. The molecule has 0 radical (unpaired) electrons. The monoisotopic (exact) mass is 540 g/mol. The van der Waals surface area contributed by atoms with Gasteiger partial charge in [-0.2, -0.15) is 13.6 Å². The first-order valence-corrected chi connectivity index (χ1v) is 12.8. The molecule has 0 bridgehead atoms. The molecule has 7 N–H and O–H groups in total. The van der Waals surface area contributed by atoms with Crippen molar-refractivity contribution < 1.29 is 56.3 Å². The minimum atomic E-state index is -5.78. The number of aromatic nitrogens is 3. The highest BCUT2D eigenvalue weighted by Gasteiger charge is 2.58. The van der Waals surface area contributed by atoms with Gasteiger partial charge in [-0.3, -0.25) is 9.09 Å².